The predicted octanol–water partition coefficient (Wildman–Crippen LogP) is 10.6. The van der Waals surface area contributed by atoms with Crippen molar-refractivity contribution >= 4 is 32.3 Å². The molecule has 2 heterocycles. The Morgan fingerprint density at radius 3 is 1.19 bits per heavy atom. The van der Waals surface area contributed by atoms with Crippen LogP contribution in [0.5, 0.6) is 0 Å². The maximum Gasteiger partial charge on any atom is 0.0273 e. The molecule has 8 aromatic rings. The topological polar surface area (TPSA) is 25.8 Å². The van der Waals surface area contributed by atoms with E-state index in [0.717, 1.165) is 22.3 Å². The number of pyridine rings is 2. The molecule has 2 nitrogen and oxygen atoms in total. The lowest BCUT2D eigenvalue weighted by molar-refractivity contribution is 1.33. The molecule has 0 bridgehead atoms. The smallest absolute Gasteiger partial charge is 0.0273 e. The monoisotopic (exact) mass is 534 g/mol. The second-order valence-corrected chi connectivity index (χ2v) is 10.7. The molecule has 8 rings (SSSR count). The van der Waals surface area contributed by atoms with Crippen molar-refractivity contribution in [2.75, 3.05) is 0 Å². The van der Waals surface area contributed by atoms with Crippen LogP contribution in [0.4, 0.5) is 0 Å². The van der Waals surface area contributed by atoms with Gasteiger partial charge >= 0.3 is 0 Å². The number of aromatic nitrogens is 2. The van der Waals surface area contributed by atoms with E-state index in [1.807, 2.05) is 24.8 Å². The summed E-state index contributed by atoms with van der Waals surface area (Å²) in [7, 11) is 0. The largest absolute Gasteiger partial charge is 0.265 e. The molecule has 0 aliphatic heterocycles. The fourth-order valence-corrected chi connectivity index (χ4v) is 6.27. The summed E-state index contributed by atoms with van der Waals surface area (Å²) in [6, 6.07) is 48.3. The van der Waals surface area contributed by atoms with Crippen LogP contribution >= 0.6 is 0 Å². The molecule has 0 saturated carbocycles. The predicted molar refractivity (Wildman–Crippen MR) is 176 cm³/mol. The summed E-state index contributed by atoms with van der Waals surface area (Å²) in [4.78, 5) is 8.49. The lowest BCUT2D eigenvalue weighted by Gasteiger charge is -2.16. The van der Waals surface area contributed by atoms with Gasteiger partial charge in [0.2, 0.25) is 0 Å². The first-order valence-corrected chi connectivity index (χ1v) is 14.2. The molecule has 0 unspecified atom stereocenters. The molecule has 0 aliphatic rings. The highest BCUT2D eigenvalue weighted by molar-refractivity contribution is 6.25. The van der Waals surface area contributed by atoms with Crippen molar-refractivity contribution in [3.63, 3.8) is 0 Å². The van der Waals surface area contributed by atoms with Crippen LogP contribution in [0.1, 0.15) is 0 Å². The molecule has 196 valence electrons. The minimum Gasteiger partial charge on any atom is -0.265 e. The average molecular weight is 535 g/mol. The van der Waals surface area contributed by atoms with Crippen LogP contribution in [-0.4, -0.2) is 9.97 Å². The molecular formula is C40H26N2. The van der Waals surface area contributed by atoms with E-state index in [-0.39, 0.29) is 0 Å². The SMILES string of the molecule is c1ccc(-c2ccc3c4ccccc4c4ccccc4c3c2)c(-c2cc(-c3ccncc3)cc(-c3ccncc3)c2)c1. The molecule has 0 atom stereocenters. The summed E-state index contributed by atoms with van der Waals surface area (Å²) in [6.07, 6.45) is 7.41. The maximum atomic E-state index is 4.24. The minimum absolute atomic E-state index is 1.14. The Morgan fingerprint density at radius 1 is 0.262 bits per heavy atom. The van der Waals surface area contributed by atoms with E-state index >= 15 is 0 Å². The number of benzene rings is 6. The third kappa shape index (κ3) is 4.13. The van der Waals surface area contributed by atoms with Gasteiger partial charge in [-0.25, -0.2) is 0 Å². The lowest BCUT2D eigenvalue weighted by Crippen LogP contribution is -1.90. The zero-order chi connectivity index (χ0) is 27.9. The van der Waals surface area contributed by atoms with Crippen LogP contribution in [-0.2, 0) is 0 Å². The van der Waals surface area contributed by atoms with Gasteiger partial charge in [0.15, 0.2) is 0 Å². The Morgan fingerprint density at radius 2 is 0.667 bits per heavy atom. The summed E-state index contributed by atoms with van der Waals surface area (Å²) >= 11 is 0. The highest BCUT2D eigenvalue weighted by atomic mass is 14.6. The van der Waals surface area contributed by atoms with Gasteiger partial charge in [-0.2, -0.15) is 0 Å². The van der Waals surface area contributed by atoms with E-state index in [0.29, 0.717) is 0 Å². The summed E-state index contributed by atoms with van der Waals surface area (Å²) in [5.41, 5.74) is 9.40. The maximum absolute atomic E-state index is 4.24. The van der Waals surface area contributed by atoms with Gasteiger partial charge in [-0.1, -0.05) is 84.9 Å². The molecule has 0 saturated heterocycles. The van der Waals surface area contributed by atoms with Crippen molar-refractivity contribution in [3.05, 3.63) is 158 Å². The minimum atomic E-state index is 1.14. The quantitative estimate of drug-likeness (QED) is 0.210. The van der Waals surface area contributed by atoms with E-state index in [4.69, 9.17) is 0 Å². The van der Waals surface area contributed by atoms with E-state index < -0.39 is 0 Å². The molecule has 2 aromatic heterocycles. The second kappa shape index (κ2) is 10.1. The Balaban J connectivity index is 1.36. The Hall–Kier alpha value is -5.60. The normalized spacial score (nSPS) is 11.3. The van der Waals surface area contributed by atoms with Gasteiger partial charge in [-0.3, -0.25) is 9.97 Å². The summed E-state index contributed by atoms with van der Waals surface area (Å²) in [5.74, 6) is 0. The first kappa shape index (κ1) is 24.2. The zero-order valence-electron chi connectivity index (χ0n) is 22.9. The van der Waals surface area contributed by atoms with Crippen molar-refractivity contribution in [2.45, 2.75) is 0 Å². The van der Waals surface area contributed by atoms with Crippen LogP contribution in [0.3, 0.4) is 0 Å². The van der Waals surface area contributed by atoms with Gasteiger partial charge in [0.25, 0.3) is 0 Å². The molecule has 42 heavy (non-hydrogen) atoms. The van der Waals surface area contributed by atoms with E-state index in [1.165, 1.54) is 54.6 Å². The number of hydrogen-bond acceptors (Lipinski definition) is 2. The van der Waals surface area contributed by atoms with Crippen LogP contribution < -0.4 is 0 Å². The molecule has 0 amide bonds. The molecule has 2 heteroatoms. The van der Waals surface area contributed by atoms with Crippen molar-refractivity contribution in [1.29, 1.82) is 0 Å². The van der Waals surface area contributed by atoms with Crippen LogP contribution in [0.15, 0.2) is 158 Å². The van der Waals surface area contributed by atoms with Crippen molar-refractivity contribution < 1.29 is 0 Å². The zero-order valence-corrected chi connectivity index (χ0v) is 22.9. The molecule has 0 fully saturated rings. The first-order chi connectivity index (χ1) is 20.8. The van der Waals surface area contributed by atoms with Crippen LogP contribution in [0, 0.1) is 0 Å². The van der Waals surface area contributed by atoms with Gasteiger partial charge in [0.1, 0.15) is 0 Å². The average Bonchev–Trinajstić information content (AvgIpc) is 3.09. The molecule has 0 N–H and O–H groups in total. The Labute approximate surface area is 244 Å². The third-order valence-corrected chi connectivity index (χ3v) is 8.25. The standard InChI is InChI=1S/C40H26N2/c1-2-8-34(32-24-30(27-15-19-41-20-16-27)23-31(25-32)28-17-21-42-22-18-28)33(7-1)29-13-14-39-37-11-4-3-9-35(37)36-10-5-6-12-38(36)40(39)26-29/h1-26H. The van der Waals surface area contributed by atoms with Gasteiger partial charge in [0.05, 0.1) is 0 Å². The number of nitrogens with zero attached hydrogens (tertiary/aromatic N) is 2. The van der Waals surface area contributed by atoms with Gasteiger partial charge < -0.3 is 0 Å². The fourth-order valence-electron chi connectivity index (χ4n) is 6.27. The van der Waals surface area contributed by atoms with Crippen LogP contribution in [0.25, 0.3) is 76.8 Å². The van der Waals surface area contributed by atoms with E-state index in [9.17, 15) is 0 Å². The molecule has 0 spiro atoms. The number of fused-ring (bicyclic) bond motifs is 6. The highest BCUT2D eigenvalue weighted by Crippen LogP contribution is 2.41. The summed E-state index contributed by atoms with van der Waals surface area (Å²) in [6.45, 7) is 0. The van der Waals surface area contributed by atoms with E-state index in [2.05, 4.69) is 143 Å². The highest BCUT2D eigenvalue weighted by Gasteiger charge is 2.14. The Kier molecular flexibility index (Phi) is 5.82. The van der Waals surface area contributed by atoms with E-state index in [1.54, 1.807) is 0 Å². The molecule has 0 radical (unpaired) electrons. The fraction of sp³-hybridized carbons (Fsp3) is 0. The molecule has 0 aliphatic carbocycles. The number of hydrogen-bond donors (Lipinski definition) is 0. The van der Waals surface area contributed by atoms with Crippen molar-refractivity contribution in [2.24, 2.45) is 0 Å². The third-order valence-electron chi connectivity index (χ3n) is 8.25. The summed E-state index contributed by atoms with van der Waals surface area (Å²) < 4.78 is 0. The second-order valence-electron chi connectivity index (χ2n) is 10.7. The van der Waals surface area contributed by atoms with Crippen LogP contribution in [0.2, 0.25) is 0 Å². The van der Waals surface area contributed by atoms with Crippen molar-refractivity contribution in [1.82, 2.24) is 9.97 Å². The van der Waals surface area contributed by atoms with Crippen molar-refractivity contribution in [3.8, 4) is 44.5 Å². The van der Waals surface area contributed by atoms with Gasteiger partial charge in [0, 0.05) is 24.8 Å². The first-order valence-electron chi connectivity index (χ1n) is 14.2. The van der Waals surface area contributed by atoms with Gasteiger partial charge in [-0.05, 0) is 125 Å². The number of rotatable bonds is 4. The molecular weight excluding hydrogens is 508 g/mol. The Bertz CT molecular complexity index is 2140. The molecule has 6 aromatic carbocycles. The van der Waals surface area contributed by atoms with Gasteiger partial charge in [-0.15, -0.1) is 0 Å². The summed E-state index contributed by atoms with van der Waals surface area (Å²) in [5, 5.41) is 7.72. The lowest BCUT2D eigenvalue weighted by atomic mass is 9.88.